The minimum Gasteiger partial charge on any atom is -0.388 e. The first-order chi connectivity index (χ1) is 11.2. The average molecular weight is 325 g/mol. The van der Waals surface area contributed by atoms with Gasteiger partial charge in [-0.3, -0.25) is 0 Å². The Hall–Kier alpha value is -1.96. The summed E-state index contributed by atoms with van der Waals surface area (Å²) < 4.78 is 0. The molecule has 0 amide bonds. The molecule has 2 heteroatoms. The van der Waals surface area contributed by atoms with E-state index in [-0.39, 0.29) is 10.8 Å². The highest BCUT2D eigenvalue weighted by Gasteiger charge is 2.23. The zero-order valence-corrected chi connectivity index (χ0v) is 16.2. The van der Waals surface area contributed by atoms with Crippen molar-refractivity contribution in [2.75, 3.05) is 24.7 Å². The van der Waals surface area contributed by atoms with Crippen LogP contribution in [0.4, 0.5) is 11.4 Å². The Kier molecular flexibility index (Phi) is 5.27. The Bertz CT molecular complexity index is 676. The summed E-state index contributed by atoms with van der Waals surface area (Å²) in [7, 11) is 3.95. The summed E-state index contributed by atoms with van der Waals surface area (Å²) in [5.41, 5.74) is 6.75. The fourth-order valence-electron chi connectivity index (χ4n) is 3.24. The lowest BCUT2D eigenvalue weighted by molar-refractivity contribution is 0.520. The third-order valence-corrected chi connectivity index (χ3v) is 4.76. The second-order valence-electron chi connectivity index (χ2n) is 8.27. The van der Waals surface area contributed by atoms with Crippen LogP contribution in [0.5, 0.6) is 0 Å². The molecule has 2 aromatic carbocycles. The molecule has 2 N–H and O–H groups in total. The molecule has 0 aromatic heterocycles. The molecule has 0 heterocycles. The first kappa shape index (κ1) is 18.4. The van der Waals surface area contributed by atoms with Gasteiger partial charge in [-0.2, -0.15) is 0 Å². The molecule has 2 nitrogen and oxygen atoms in total. The van der Waals surface area contributed by atoms with Gasteiger partial charge in [-0.15, -0.1) is 0 Å². The van der Waals surface area contributed by atoms with E-state index < -0.39 is 0 Å². The van der Waals surface area contributed by atoms with Crippen molar-refractivity contribution in [2.24, 2.45) is 0 Å². The highest BCUT2D eigenvalue weighted by atomic mass is 14.8. The van der Waals surface area contributed by atoms with Gasteiger partial charge in [0, 0.05) is 25.5 Å². The topological polar surface area (TPSA) is 24.1 Å². The van der Waals surface area contributed by atoms with Gasteiger partial charge < -0.3 is 10.6 Å². The van der Waals surface area contributed by atoms with Crippen molar-refractivity contribution in [1.82, 2.24) is 0 Å². The summed E-state index contributed by atoms with van der Waals surface area (Å²) in [5.74, 6) is 0. The van der Waals surface area contributed by atoms with Crippen LogP contribution in [0.1, 0.15) is 51.3 Å². The molecular weight excluding hydrogens is 292 g/mol. The molecule has 2 aromatic rings. The third-order valence-electron chi connectivity index (χ3n) is 4.76. The van der Waals surface area contributed by atoms with Crippen molar-refractivity contribution >= 4 is 11.4 Å². The highest BCUT2D eigenvalue weighted by molar-refractivity contribution is 5.55. The van der Waals surface area contributed by atoms with Crippen LogP contribution < -0.4 is 10.6 Å². The van der Waals surface area contributed by atoms with E-state index in [1.807, 2.05) is 14.1 Å². The van der Waals surface area contributed by atoms with Gasteiger partial charge in [-0.1, -0.05) is 58.9 Å². The fraction of sp³-hybridized carbons (Fsp3) is 0.455. The van der Waals surface area contributed by atoms with Crippen LogP contribution in [0.15, 0.2) is 42.5 Å². The summed E-state index contributed by atoms with van der Waals surface area (Å²) >= 11 is 0. The Morgan fingerprint density at radius 2 is 1.42 bits per heavy atom. The number of hydrogen-bond donors (Lipinski definition) is 2. The van der Waals surface area contributed by atoms with Crippen molar-refractivity contribution in [3.05, 3.63) is 59.2 Å². The SMILES string of the molecule is CNc1ccc(C(C)(C)Cc2ccc(NC)c(C(C)(C)C)c2)cc1. The first-order valence-electron chi connectivity index (χ1n) is 8.77. The molecule has 0 aliphatic heterocycles. The van der Waals surface area contributed by atoms with Gasteiger partial charge in [-0.25, -0.2) is 0 Å². The normalized spacial score (nSPS) is 12.1. The van der Waals surface area contributed by atoms with Gasteiger partial charge in [0.25, 0.3) is 0 Å². The van der Waals surface area contributed by atoms with Crippen LogP contribution in [-0.4, -0.2) is 14.1 Å². The van der Waals surface area contributed by atoms with Crippen LogP contribution >= 0.6 is 0 Å². The number of hydrogen-bond acceptors (Lipinski definition) is 2. The summed E-state index contributed by atoms with van der Waals surface area (Å²) in [6.07, 6.45) is 1.03. The maximum absolute atomic E-state index is 3.33. The van der Waals surface area contributed by atoms with Crippen LogP contribution in [0.25, 0.3) is 0 Å². The van der Waals surface area contributed by atoms with Gasteiger partial charge in [0.1, 0.15) is 0 Å². The minimum atomic E-state index is 0.0998. The molecule has 0 unspecified atom stereocenters. The number of nitrogens with one attached hydrogen (secondary N) is 2. The van der Waals surface area contributed by atoms with Crippen molar-refractivity contribution < 1.29 is 0 Å². The van der Waals surface area contributed by atoms with Gasteiger partial charge in [0.15, 0.2) is 0 Å². The average Bonchev–Trinajstić information content (AvgIpc) is 2.53. The number of benzene rings is 2. The lowest BCUT2D eigenvalue weighted by Crippen LogP contribution is -2.21. The smallest absolute Gasteiger partial charge is 0.0375 e. The number of rotatable bonds is 5. The maximum atomic E-state index is 3.33. The Morgan fingerprint density at radius 3 is 1.92 bits per heavy atom. The van der Waals surface area contributed by atoms with E-state index in [0.717, 1.165) is 12.1 Å². The Labute approximate surface area is 147 Å². The van der Waals surface area contributed by atoms with E-state index in [0.29, 0.717) is 0 Å². The molecule has 130 valence electrons. The third kappa shape index (κ3) is 4.11. The van der Waals surface area contributed by atoms with E-state index in [2.05, 4.69) is 87.7 Å². The second kappa shape index (κ2) is 6.88. The monoisotopic (exact) mass is 324 g/mol. The van der Waals surface area contributed by atoms with E-state index in [9.17, 15) is 0 Å². The highest BCUT2D eigenvalue weighted by Crippen LogP contribution is 2.34. The second-order valence-corrected chi connectivity index (χ2v) is 8.27. The Balaban J connectivity index is 2.31. The summed E-state index contributed by atoms with van der Waals surface area (Å²) in [6, 6.07) is 15.6. The molecule has 0 atom stereocenters. The van der Waals surface area contributed by atoms with Crippen molar-refractivity contribution in [2.45, 2.75) is 51.9 Å². The first-order valence-corrected chi connectivity index (χ1v) is 8.77. The number of anilines is 2. The lowest BCUT2D eigenvalue weighted by atomic mass is 9.77. The summed E-state index contributed by atoms with van der Waals surface area (Å²) in [5, 5.41) is 6.51. The predicted octanol–water partition coefficient (Wildman–Crippen LogP) is 5.59. The molecule has 0 aliphatic carbocycles. The molecule has 0 saturated carbocycles. The zero-order chi connectivity index (χ0) is 18.0. The largest absolute Gasteiger partial charge is 0.388 e. The molecule has 24 heavy (non-hydrogen) atoms. The lowest BCUT2D eigenvalue weighted by Gasteiger charge is -2.28. The van der Waals surface area contributed by atoms with Crippen molar-refractivity contribution in [1.29, 1.82) is 0 Å². The van der Waals surface area contributed by atoms with Gasteiger partial charge in [0.2, 0.25) is 0 Å². The van der Waals surface area contributed by atoms with Crippen LogP contribution in [0.3, 0.4) is 0 Å². The zero-order valence-electron chi connectivity index (χ0n) is 16.2. The molecule has 0 bridgehead atoms. The molecule has 0 fully saturated rings. The van der Waals surface area contributed by atoms with E-state index >= 15 is 0 Å². The Morgan fingerprint density at radius 1 is 0.792 bits per heavy atom. The molecule has 0 spiro atoms. The molecule has 2 rings (SSSR count). The van der Waals surface area contributed by atoms with E-state index in [1.165, 1.54) is 22.4 Å². The quantitative estimate of drug-likeness (QED) is 0.749. The molecular formula is C22H32N2. The molecule has 0 saturated heterocycles. The van der Waals surface area contributed by atoms with Crippen LogP contribution in [0.2, 0.25) is 0 Å². The van der Waals surface area contributed by atoms with Crippen LogP contribution in [-0.2, 0) is 17.3 Å². The van der Waals surface area contributed by atoms with Gasteiger partial charge >= 0.3 is 0 Å². The predicted molar refractivity (Wildman–Crippen MR) is 107 cm³/mol. The molecule has 0 aliphatic rings. The summed E-state index contributed by atoms with van der Waals surface area (Å²) in [6.45, 7) is 11.5. The van der Waals surface area contributed by atoms with Crippen molar-refractivity contribution in [3.8, 4) is 0 Å². The fourth-order valence-corrected chi connectivity index (χ4v) is 3.24. The van der Waals surface area contributed by atoms with Crippen LogP contribution in [0, 0.1) is 0 Å². The summed E-state index contributed by atoms with van der Waals surface area (Å²) in [4.78, 5) is 0. The standard InChI is InChI=1S/C22H32N2/c1-21(2,3)19-14-16(8-13-20(19)24-7)15-22(4,5)17-9-11-18(23-6)12-10-17/h8-14,23-24H,15H2,1-7H3. The van der Waals surface area contributed by atoms with E-state index in [4.69, 9.17) is 0 Å². The van der Waals surface area contributed by atoms with Crippen molar-refractivity contribution in [3.63, 3.8) is 0 Å². The van der Waals surface area contributed by atoms with E-state index in [1.54, 1.807) is 0 Å². The molecule has 0 radical (unpaired) electrons. The van der Waals surface area contributed by atoms with Gasteiger partial charge in [0.05, 0.1) is 0 Å². The minimum absolute atomic E-state index is 0.0998. The maximum Gasteiger partial charge on any atom is 0.0375 e. The van der Waals surface area contributed by atoms with Gasteiger partial charge in [-0.05, 0) is 52.1 Å².